The lowest BCUT2D eigenvalue weighted by molar-refractivity contribution is -0.118. The third-order valence-corrected chi connectivity index (χ3v) is 4.08. The van der Waals surface area contributed by atoms with Gasteiger partial charge in [-0.3, -0.25) is 4.79 Å². The van der Waals surface area contributed by atoms with Crippen molar-refractivity contribution in [3.05, 3.63) is 54.2 Å². The average Bonchev–Trinajstić information content (AvgIpc) is 2.53. The molecule has 4 nitrogen and oxygen atoms in total. The molecule has 1 atom stereocenters. The molecule has 5 heteroatoms. The Balaban J connectivity index is 1.73. The number of pyridine rings is 1. The van der Waals surface area contributed by atoms with Crippen molar-refractivity contribution < 1.29 is 4.79 Å². The van der Waals surface area contributed by atoms with Gasteiger partial charge in [0.25, 0.3) is 0 Å². The summed E-state index contributed by atoms with van der Waals surface area (Å²) >= 11 is 1.45. The fourth-order valence-electron chi connectivity index (χ4n) is 1.84. The van der Waals surface area contributed by atoms with E-state index in [4.69, 9.17) is 5.73 Å². The highest BCUT2D eigenvalue weighted by Gasteiger charge is 2.08. The summed E-state index contributed by atoms with van der Waals surface area (Å²) in [6.07, 6.45) is 1.68. The van der Waals surface area contributed by atoms with Crippen LogP contribution in [0.2, 0.25) is 0 Å². The number of thioether (sulfide) groups is 1. The highest BCUT2D eigenvalue weighted by atomic mass is 32.2. The molecule has 0 spiro atoms. The first-order chi connectivity index (χ1) is 10.1. The largest absolute Gasteiger partial charge is 0.384 e. The summed E-state index contributed by atoms with van der Waals surface area (Å²) in [6, 6.07) is 13.8. The summed E-state index contributed by atoms with van der Waals surface area (Å²) in [5.41, 5.74) is 6.75. The van der Waals surface area contributed by atoms with E-state index in [9.17, 15) is 4.79 Å². The molecular weight excluding hydrogens is 282 g/mol. The van der Waals surface area contributed by atoms with Crippen molar-refractivity contribution in [2.24, 2.45) is 0 Å². The first-order valence-electron chi connectivity index (χ1n) is 6.81. The van der Waals surface area contributed by atoms with E-state index >= 15 is 0 Å². The van der Waals surface area contributed by atoms with Gasteiger partial charge in [-0.1, -0.05) is 37.3 Å². The van der Waals surface area contributed by atoms with Gasteiger partial charge in [-0.25, -0.2) is 4.98 Å². The fourth-order valence-corrected chi connectivity index (χ4v) is 2.53. The van der Waals surface area contributed by atoms with E-state index in [1.165, 1.54) is 17.3 Å². The second kappa shape index (κ2) is 7.69. The van der Waals surface area contributed by atoms with Gasteiger partial charge in [0.05, 0.1) is 5.75 Å². The Morgan fingerprint density at radius 1 is 1.29 bits per heavy atom. The van der Waals surface area contributed by atoms with Gasteiger partial charge in [-0.05, 0) is 23.6 Å². The van der Waals surface area contributed by atoms with Gasteiger partial charge in [-0.15, -0.1) is 11.8 Å². The number of carbonyl (C=O) groups is 1. The Morgan fingerprint density at radius 3 is 2.71 bits per heavy atom. The van der Waals surface area contributed by atoms with E-state index in [1.807, 2.05) is 24.3 Å². The van der Waals surface area contributed by atoms with Gasteiger partial charge in [-0.2, -0.15) is 0 Å². The van der Waals surface area contributed by atoms with Gasteiger partial charge in [0.2, 0.25) is 5.91 Å². The molecule has 0 saturated heterocycles. The van der Waals surface area contributed by atoms with Crippen molar-refractivity contribution in [3.63, 3.8) is 0 Å². The molecular formula is C16H19N3OS. The lowest BCUT2D eigenvalue weighted by atomic mass is 10.0. The number of hydrogen-bond acceptors (Lipinski definition) is 4. The Hall–Kier alpha value is -2.01. The predicted octanol–water partition coefficient (Wildman–Crippen LogP) is 2.68. The van der Waals surface area contributed by atoms with Crippen LogP contribution in [0.4, 0.5) is 5.82 Å². The number of carbonyl (C=O) groups excluding carboxylic acids is 1. The maximum atomic E-state index is 11.8. The maximum Gasteiger partial charge on any atom is 0.230 e. The summed E-state index contributed by atoms with van der Waals surface area (Å²) in [6.45, 7) is 2.75. The van der Waals surface area contributed by atoms with Crippen LogP contribution in [0.25, 0.3) is 0 Å². The standard InChI is InChI=1S/C16H19N3OS/c1-12(13-5-3-2-4-6-13)9-19-16(20)11-21-14-7-8-15(17)18-10-14/h2-8,10,12H,9,11H2,1H3,(H2,17,18)(H,19,20). The predicted molar refractivity (Wildman–Crippen MR) is 87.2 cm³/mol. The number of nitrogens with one attached hydrogen (secondary N) is 1. The van der Waals surface area contributed by atoms with Gasteiger partial charge >= 0.3 is 0 Å². The summed E-state index contributed by atoms with van der Waals surface area (Å²) in [4.78, 5) is 16.8. The zero-order valence-corrected chi connectivity index (χ0v) is 12.8. The number of aromatic nitrogens is 1. The Labute approximate surface area is 129 Å². The monoisotopic (exact) mass is 301 g/mol. The summed E-state index contributed by atoms with van der Waals surface area (Å²) in [7, 11) is 0. The number of nitrogens with two attached hydrogens (primary N) is 1. The zero-order chi connectivity index (χ0) is 15.1. The number of rotatable bonds is 6. The van der Waals surface area contributed by atoms with Gasteiger partial charge in [0, 0.05) is 17.6 Å². The molecule has 0 radical (unpaired) electrons. The third kappa shape index (κ3) is 5.11. The van der Waals surface area contributed by atoms with E-state index in [0.717, 1.165) is 4.90 Å². The molecule has 0 saturated carbocycles. The van der Waals surface area contributed by atoms with Crippen LogP contribution in [0.15, 0.2) is 53.6 Å². The normalized spacial score (nSPS) is 11.9. The summed E-state index contributed by atoms with van der Waals surface area (Å²) in [5, 5.41) is 2.96. The highest BCUT2D eigenvalue weighted by Crippen LogP contribution is 2.17. The number of nitrogens with zero attached hydrogens (tertiary/aromatic N) is 1. The Kier molecular flexibility index (Phi) is 5.63. The molecule has 0 aliphatic heterocycles. The fraction of sp³-hybridized carbons (Fsp3) is 0.250. The van der Waals surface area contributed by atoms with Gasteiger partial charge in [0.1, 0.15) is 5.82 Å². The van der Waals surface area contributed by atoms with Gasteiger partial charge in [0.15, 0.2) is 0 Å². The topological polar surface area (TPSA) is 68.0 Å². The van der Waals surface area contributed by atoms with E-state index in [1.54, 1.807) is 12.3 Å². The first kappa shape index (κ1) is 15.4. The first-order valence-corrected chi connectivity index (χ1v) is 7.79. The van der Waals surface area contributed by atoms with E-state index < -0.39 is 0 Å². The minimum Gasteiger partial charge on any atom is -0.384 e. The number of hydrogen-bond donors (Lipinski definition) is 2. The van der Waals surface area contributed by atoms with Crippen LogP contribution in [0.1, 0.15) is 18.4 Å². The molecule has 1 heterocycles. The van der Waals surface area contributed by atoms with E-state index in [0.29, 0.717) is 24.0 Å². The Morgan fingerprint density at radius 2 is 2.05 bits per heavy atom. The lowest BCUT2D eigenvalue weighted by Crippen LogP contribution is -2.28. The third-order valence-electron chi connectivity index (χ3n) is 3.10. The van der Waals surface area contributed by atoms with Crippen LogP contribution in [0, 0.1) is 0 Å². The maximum absolute atomic E-state index is 11.8. The number of benzene rings is 1. The molecule has 21 heavy (non-hydrogen) atoms. The van der Waals surface area contributed by atoms with Crippen molar-refractivity contribution >= 4 is 23.5 Å². The minimum atomic E-state index is 0.0274. The molecule has 1 unspecified atom stereocenters. The second-order valence-corrected chi connectivity index (χ2v) is 5.87. The molecule has 1 aromatic carbocycles. The molecule has 110 valence electrons. The molecule has 0 aliphatic rings. The quantitative estimate of drug-likeness (QED) is 0.805. The average molecular weight is 301 g/mol. The summed E-state index contributed by atoms with van der Waals surface area (Å²) < 4.78 is 0. The molecule has 0 aliphatic carbocycles. The molecule has 0 fully saturated rings. The molecule has 1 amide bonds. The van der Waals surface area contributed by atoms with Crippen molar-refractivity contribution in [1.29, 1.82) is 0 Å². The lowest BCUT2D eigenvalue weighted by Gasteiger charge is -2.12. The van der Waals surface area contributed by atoms with Crippen LogP contribution in [0.3, 0.4) is 0 Å². The van der Waals surface area contributed by atoms with Crippen LogP contribution < -0.4 is 11.1 Å². The zero-order valence-electron chi connectivity index (χ0n) is 12.0. The smallest absolute Gasteiger partial charge is 0.230 e. The molecule has 3 N–H and O–H groups in total. The van der Waals surface area contributed by atoms with Crippen molar-refractivity contribution in [2.75, 3.05) is 18.0 Å². The number of amides is 1. The van der Waals surface area contributed by atoms with Crippen molar-refractivity contribution in [2.45, 2.75) is 17.7 Å². The Bertz CT molecular complexity index is 572. The second-order valence-electron chi connectivity index (χ2n) is 4.82. The molecule has 2 rings (SSSR count). The van der Waals surface area contributed by atoms with Crippen LogP contribution in [-0.2, 0) is 4.79 Å². The van der Waals surface area contributed by atoms with E-state index in [2.05, 4.69) is 29.4 Å². The van der Waals surface area contributed by atoms with Crippen molar-refractivity contribution in [3.8, 4) is 0 Å². The van der Waals surface area contributed by atoms with Crippen LogP contribution in [0.5, 0.6) is 0 Å². The molecule has 0 bridgehead atoms. The minimum absolute atomic E-state index is 0.0274. The van der Waals surface area contributed by atoms with E-state index in [-0.39, 0.29) is 5.91 Å². The molecule has 1 aromatic heterocycles. The van der Waals surface area contributed by atoms with Crippen LogP contribution in [-0.4, -0.2) is 23.2 Å². The summed E-state index contributed by atoms with van der Waals surface area (Å²) in [5.74, 6) is 1.20. The number of anilines is 1. The van der Waals surface area contributed by atoms with Gasteiger partial charge < -0.3 is 11.1 Å². The highest BCUT2D eigenvalue weighted by molar-refractivity contribution is 8.00. The SMILES string of the molecule is CC(CNC(=O)CSc1ccc(N)nc1)c1ccccc1. The van der Waals surface area contributed by atoms with Crippen LogP contribution >= 0.6 is 11.8 Å². The number of nitrogen functional groups attached to an aromatic ring is 1. The molecule has 2 aromatic rings. The van der Waals surface area contributed by atoms with Crippen molar-refractivity contribution in [1.82, 2.24) is 10.3 Å².